The van der Waals surface area contributed by atoms with Crippen molar-refractivity contribution in [3.63, 3.8) is 0 Å². The molecular weight excluding hydrogens is 493 g/mol. The van der Waals surface area contributed by atoms with Crippen molar-refractivity contribution in [2.45, 2.75) is 64.7 Å². The Labute approximate surface area is 213 Å². The summed E-state index contributed by atoms with van der Waals surface area (Å²) < 4.78 is 0. The fraction of sp³-hybridized carbons (Fsp3) is 0.560. The first-order chi connectivity index (χ1) is 16.2. The lowest BCUT2D eigenvalue weighted by molar-refractivity contribution is -0.116. The van der Waals surface area contributed by atoms with Gasteiger partial charge in [0.25, 0.3) is 0 Å². The highest BCUT2D eigenvalue weighted by Crippen LogP contribution is 2.63. The summed E-state index contributed by atoms with van der Waals surface area (Å²) in [5, 5.41) is 28.1. The number of aryl methyl sites for hydroxylation is 1. The molecule has 2 saturated carbocycles. The topological polar surface area (TPSA) is 94.8 Å². The third-order valence-corrected chi connectivity index (χ3v) is 10.0. The van der Waals surface area contributed by atoms with Crippen LogP contribution in [-0.4, -0.2) is 26.9 Å². The van der Waals surface area contributed by atoms with Crippen LogP contribution in [0.5, 0.6) is 5.75 Å². The Morgan fingerprint density at radius 3 is 2.88 bits per heavy atom. The predicted octanol–water partition coefficient (Wildman–Crippen LogP) is 6.80. The molecule has 2 aromatic rings. The van der Waals surface area contributed by atoms with E-state index in [-0.39, 0.29) is 23.0 Å². The zero-order valence-electron chi connectivity index (χ0n) is 19.3. The van der Waals surface area contributed by atoms with Gasteiger partial charge in [-0.25, -0.2) is 4.98 Å². The van der Waals surface area contributed by atoms with E-state index in [1.54, 1.807) is 6.20 Å². The van der Waals surface area contributed by atoms with Gasteiger partial charge >= 0.3 is 0 Å². The zero-order valence-corrected chi connectivity index (χ0v) is 21.6. The molecule has 6 nitrogen and oxygen atoms in total. The standard InChI is InChI=1S/C25H29Cl2N3O3S/c1-12-11-28-24(34-12)29-20(31)6-3-13-9-19(30-33)25(2)8-7-14-15(21(13)25)4-5-16-17(14)10-18(26)23(32)22(16)27/h10-11,13-15,21,32-33H,3-9H2,1-2H3,(H,28,29,31)/b30-19+. The van der Waals surface area contributed by atoms with Crippen molar-refractivity contribution >= 4 is 51.3 Å². The van der Waals surface area contributed by atoms with E-state index in [0.29, 0.717) is 45.8 Å². The van der Waals surface area contributed by atoms with Gasteiger partial charge < -0.3 is 15.6 Å². The van der Waals surface area contributed by atoms with Gasteiger partial charge in [0.05, 0.1) is 15.8 Å². The van der Waals surface area contributed by atoms with Gasteiger partial charge in [-0.05, 0) is 86.3 Å². The van der Waals surface area contributed by atoms with E-state index < -0.39 is 0 Å². The zero-order chi connectivity index (χ0) is 24.2. The van der Waals surface area contributed by atoms with Gasteiger partial charge in [-0.2, -0.15) is 0 Å². The van der Waals surface area contributed by atoms with Crippen molar-refractivity contribution in [3.8, 4) is 5.75 Å². The number of carbonyl (C=O) groups excluding carboxylic acids is 1. The van der Waals surface area contributed by atoms with Crippen molar-refractivity contribution in [1.82, 2.24) is 4.98 Å². The number of aromatic hydroxyl groups is 1. The number of halogens is 2. The van der Waals surface area contributed by atoms with Crippen LogP contribution in [0.15, 0.2) is 17.4 Å². The molecule has 1 aromatic heterocycles. The summed E-state index contributed by atoms with van der Waals surface area (Å²) in [4.78, 5) is 17.9. The Kier molecular flexibility index (Phi) is 6.32. The molecule has 5 atom stereocenters. The molecule has 1 heterocycles. The maximum atomic E-state index is 12.6. The summed E-state index contributed by atoms with van der Waals surface area (Å²) in [6, 6.07) is 1.89. The molecule has 2 fully saturated rings. The number of oxime groups is 1. The monoisotopic (exact) mass is 521 g/mol. The van der Waals surface area contributed by atoms with Crippen LogP contribution in [0.1, 0.15) is 67.4 Å². The summed E-state index contributed by atoms with van der Waals surface area (Å²) in [7, 11) is 0. The third kappa shape index (κ3) is 3.90. The molecule has 0 bridgehead atoms. The van der Waals surface area contributed by atoms with Crippen molar-refractivity contribution in [1.29, 1.82) is 0 Å². The lowest BCUT2D eigenvalue weighted by atomic mass is 9.54. The summed E-state index contributed by atoms with van der Waals surface area (Å²) in [6.07, 6.45) is 7.24. The van der Waals surface area contributed by atoms with E-state index in [4.69, 9.17) is 23.2 Å². The minimum atomic E-state index is -0.175. The Hall–Kier alpha value is -1.83. The second-order valence-electron chi connectivity index (χ2n) is 10.3. The van der Waals surface area contributed by atoms with Crippen molar-refractivity contribution in [2.75, 3.05) is 5.32 Å². The lowest BCUT2D eigenvalue weighted by Crippen LogP contribution is -2.44. The average molecular weight is 522 g/mol. The molecule has 1 aromatic carbocycles. The van der Waals surface area contributed by atoms with Gasteiger partial charge in [-0.15, -0.1) is 11.3 Å². The van der Waals surface area contributed by atoms with E-state index in [1.807, 2.05) is 13.0 Å². The summed E-state index contributed by atoms with van der Waals surface area (Å²) in [5.41, 5.74) is 2.85. The highest BCUT2D eigenvalue weighted by atomic mass is 35.5. The minimum absolute atomic E-state index is 0.0270. The quantitative estimate of drug-likeness (QED) is 0.304. The van der Waals surface area contributed by atoms with Crippen molar-refractivity contribution < 1.29 is 15.1 Å². The van der Waals surface area contributed by atoms with Crippen molar-refractivity contribution in [2.24, 2.45) is 28.3 Å². The van der Waals surface area contributed by atoms with Crippen LogP contribution in [-0.2, 0) is 11.2 Å². The summed E-state index contributed by atoms with van der Waals surface area (Å²) in [6.45, 7) is 4.19. The first kappa shape index (κ1) is 23.9. The number of nitrogens with one attached hydrogen (secondary N) is 1. The number of phenols is 1. The molecule has 5 rings (SSSR count). The van der Waals surface area contributed by atoms with Crippen molar-refractivity contribution in [3.05, 3.63) is 38.3 Å². The fourth-order valence-corrected chi connectivity index (χ4v) is 8.30. The number of amides is 1. The van der Waals surface area contributed by atoms with E-state index in [9.17, 15) is 15.1 Å². The number of thiazole rings is 1. The number of phenolic OH excluding ortho intramolecular Hbond substituents is 1. The molecular formula is C25H29Cl2N3O3S. The first-order valence-electron chi connectivity index (χ1n) is 11.9. The number of hydrogen-bond donors (Lipinski definition) is 3. The largest absolute Gasteiger partial charge is 0.505 e. The number of aromatic nitrogens is 1. The van der Waals surface area contributed by atoms with Crippen LogP contribution in [0, 0.1) is 30.1 Å². The number of nitrogens with zero attached hydrogens (tertiary/aromatic N) is 2. The van der Waals surface area contributed by atoms with E-state index in [2.05, 4.69) is 22.4 Å². The molecule has 0 spiro atoms. The molecule has 5 unspecified atom stereocenters. The van der Waals surface area contributed by atoms with Gasteiger partial charge in [0, 0.05) is 22.9 Å². The van der Waals surface area contributed by atoms with E-state index in [0.717, 1.165) is 53.8 Å². The summed E-state index contributed by atoms with van der Waals surface area (Å²) >= 11 is 14.3. The number of benzene rings is 1. The van der Waals surface area contributed by atoms with Gasteiger partial charge in [0.2, 0.25) is 5.91 Å². The molecule has 0 radical (unpaired) electrons. The van der Waals surface area contributed by atoms with Crippen LogP contribution in [0.3, 0.4) is 0 Å². The molecule has 0 saturated heterocycles. The molecule has 3 N–H and O–H groups in total. The second kappa shape index (κ2) is 8.99. The van der Waals surface area contributed by atoms with Crippen LogP contribution in [0.25, 0.3) is 0 Å². The number of carbonyl (C=O) groups is 1. The van der Waals surface area contributed by atoms with Gasteiger partial charge in [-0.1, -0.05) is 35.3 Å². The second-order valence-corrected chi connectivity index (χ2v) is 12.3. The van der Waals surface area contributed by atoms with Gasteiger partial charge in [-0.3, -0.25) is 4.79 Å². The first-order valence-corrected chi connectivity index (χ1v) is 13.4. The van der Waals surface area contributed by atoms with Crippen LogP contribution < -0.4 is 5.32 Å². The van der Waals surface area contributed by atoms with E-state index >= 15 is 0 Å². The molecule has 0 aliphatic heterocycles. The van der Waals surface area contributed by atoms with Gasteiger partial charge in [0.1, 0.15) is 0 Å². The maximum absolute atomic E-state index is 12.6. The number of hydrogen-bond acceptors (Lipinski definition) is 6. The van der Waals surface area contributed by atoms with Gasteiger partial charge in [0.15, 0.2) is 10.9 Å². The van der Waals surface area contributed by atoms with Crippen LogP contribution in [0.4, 0.5) is 5.13 Å². The normalized spacial score (nSPS) is 31.1. The molecule has 34 heavy (non-hydrogen) atoms. The number of anilines is 1. The van der Waals surface area contributed by atoms with E-state index in [1.165, 1.54) is 11.3 Å². The smallest absolute Gasteiger partial charge is 0.226 e. The number of fused-ring (bicyclic) bond motifs is 5. The SMILES string of the molecule is Cc1cnc(NC(=O)CCC2C/C(=N\O)C3(C)CCC4c5cc(Cl)c(O)c(Cl)c5CCC4C23)s1. The minimum Gasteiger partial charge on any atom is -0.505 e. The highest BCUT2D eigenvalue weighted by Gasteiger charge is 2.57. The third-order valence-electron chi connectivity index (χ3n) is 8.50. The Bertz CT molecular complexity index is 1170. The molecule has 1 amide bonds. The lowest BCUT2D eigenvalue weighted by Gasteiger charge is -2.50. The van der Waals surface area contributed by atoms with Crippen LogP contribution >= 0.6 is 34.5 Å². The molecule has 3 aliphatic carbocycles. The Morgan fingerprint density at radius 2 is 2.18 bits per heavy atom. The Morgan fingerprint density at radius 1 is 1.38 bits per heavy atom. The predicted molar refractivity (Wildman–Crippen MR) is 136 cm³/mol. The fourth-order valence-electron chi connectivity index (χ4n) is 7.05. The maximum Gasteiger partial charge on any atom is 0.226 e. The molecule has 182 valence electrons. The van der Waals surface area contributed by atoms with Crippen LogP contribution in [0.2, 0.25) is 10.0 Å². The summed E-state index contributed by atoms with van der Waals surface area (Å²) in [5.74, 6) is 1.20. The Balaban J connectivity index is 1.39. The highest BCUT2D eigenvalue weighted by molar-refractivity contribution is 7.15. The molecule has 3 aliphatic rings. The molecule has 9 heteroatoms. The number of rotatable bonds is 4. The average Bonchev–Trinajstić information content (AvgIpc) is 3.35.